The smallest absolute Gasteiger partial charge is 0.107 e. The zero-order valence-electron chi connectivity index (χ0n) is 11.7. The van der Waals surface area contributed by atoms with Crippen LogP contribution in [0, 0.1) is 0 Å². The third kappa shape index (κ3) is 6.79. The van der Waals surface area contributed by atoms with E-state index in [0.717, 1.165) is 13.0 Å². The minimum atomic E-state index is 0.174. The van der Waals surface area contributed by atoms with Crippen molar-refractivity contribution in [3.05, 3.63) is 16.1 Å². The van der Waals surface area contributed by atoms with Crippen LogP contribution >= 0.6 is 11.3 Å². The SMILES string of the molecule is CCCCCCc1csc(CNC(C)(C)C)n1. The van der Waals surface area contributed by atoms with Crippen molar-refractivity contribution in [2.75, 3.05) is 0 Å². The van der Waals surface area contributed by atoms with E-state index in [1.54, 1.807) is 11.3 Å². The van der Waals surface area contributed by atoms with Gasteiger partial charge in [-0.3, -0.25) is 0 Å². The van der Waals surface area contributed by atoms with Gasteiger partial charge in [-0.25, -0.2) is 4.98 Å². The van der Waals surface area contributed by atoms with Crippen LogP contribution in [-0.4, -0.2) is 10.5 Å². The summed E-state index contributed by atoms with van der Waals surface area (Å²) in [6.45, 7) is 9.70. The highest BCUT2D eigenvalue weighted by Gasteiger charge is 2.10. The molecule has 1 aromatic rings. The average Bonchev–Trinajstić information content (AvgIpc) is 2.69. The fraction of sp³-hybridized carbons (Fsp3) is 0.786. The van der Waals surface area contributed by atoms with Crippen LogP contribution in [0.4, 0.5) is 0 Å². The minimum Gasteiger partial charge on any atom is -0.306 e. The molecule has 0 amide bonds. The van der Waals surface area contributed by atoms with Crippen molar-refractivity contribution >= 4 is 11.3 Å². The van der Waals surface area contributed by atoms with E-state index < -0.39 is 0 Å². The molecular weight excluding hydrogens is 228 g/mol. The molecule has 17 heavy (non-hydrogen) atoms. The highest BCUT2D eigenvalue weighted by atomic mass is 32.1. The molecule has 0 fully saturated rings. The van der Waals surface area contributed by atoms with Gasteiger partial charge in [-0.05, 0) is 33.6 Å². The number of nitrogens with one attached hydrogen (secondary N) is 1. The largest absolute Gasteiger partial charge is 0.306 e. The zero-order valence-corrected chi connectivity index (χ0v) is 12.5. The van der Waals surface area contributed by atoms with Crippen LogP contribution in [0.15, 0.2) is 5.38 Å². The van der Waals surface area contributed by atoms with Gasteiger partial charge < -0.3 is 5.32 Å². The Bertz CT molecular complexity index is 312. The summed E-state index contributed by atoms with van der Waals surface area (Å²) in [6.07, 6.45) is 6.42. The molecule has 0 bridgehead atoms. The van der Waals surface area contributed by atoms with Gasteiger partial charge in [0, 0.05) is 17.5 Å². The third-order valence-electron chi connectivity index (χ3n) is 2.66. The molecule has 1 aromatic heterocycles. The van der Waals surface area contributed by atoms with Crippen LogP contribution in [0.5, 0.6) is 0 Å². The van der Waals surface area contributed by atoms with E-state index in [0.29, 0.717) is 0 Å². The van der Waals surface area contributed by atoms with Gasteiger partial charge in [0.1, 0.15) is 5.01 Å². The van der Waals surface area contributed by atoms with Crippen molar-refractivity contribution in [3.63, 3.8) is 0 Å². The van der Waals surface area contributed by atoms with E-state index >= 15 is 0 Å². The monoisotopic (exact) mass is 254 g/mol. The molecule has 1 rings (SSSR count). The van der Waals surface area contributed by atoms with E-state index in [1.807, 2.05) is 0 Å². The number of aromatic nitrogens is 1. The second-order valence-electron chi connectivity index (χ2n) is 5.65. The highest BCUT2D eigenvalue weighted by molar-refractivity contribution is 7.09. The molecular formula is C14H26N2S. The molecule has 0 atom stereocenters. The number of thiazole rings is 1. The Morgan fingerprint density at radius 3 is 2.65 bits per heavy atom. The summed E-state index contributed by atoms with van der Waals surface area (Å²) in [5.41, 5.74) is 1.45. The first-order chi connectivity index (χ1) is 8.01. The van der Waals surface area contributed by atoms with Gasteiger partial charge in [0.05, 0.1) is 5.69 Å². The van der Waals surface area contributed by atoms with Crippen LogP contribution < -0.4 is 5.32 Å². The molecule has 0 aliphatic heterocycles. The quantitative estimate of drug-likeness (QED) is 0.739. The lowest BCUT2D eigenvalue weighted by molar-refractivity contribution is 0.423. The molecule has 0 radical (unpaired) electrons. The van der Waals surface area contributed by atoms with Gasteiger partial charge in [0.25, 0.3) is 0 Å². The van der Waals surface area contributed by atoms with Crippen molar-refractivity contribution in [2.45, 2.75) is 71.9 Å². The second kappa shape index (κ2) is 7.12. The van der Waals surface area contributed by atoms with E-state index in [-0.39, 0.29) is 5.54 Å². The van der Waals surface area contributed by atoms with Crippen molar-refractivity contribution < 1.29 is 0 Å². The molecule has 0 aromatic carbocycles. The molecule has 2 nitrogen and oxygen atoms in total. The first-order valence-electron chi connectivity index (χ1n) is 6.69. The van der Waals surface area contributed by atoms with Crippen LogP contribution in [-0.2, 0) is 13.0 Å². The predicted molar refractivity (Wildman–Crippen MR) is 76.6 cm³/mol. The predicted octanol–water partition coefficient (Wildman–Crippen LogP) is 4.15. The number of unbranched alkanes of at least 4 members (excludes halogenated alkanes) is 3. The fourth-order valence-corrected chi connectivity index (χ4v) is 2.39. The van der Waals surface area contributed by atoms with Crippen LogP contribution in [0.25, 0.3) is 0 Å². The molecule has 1 N–H and O–H groups in total. The number of aryl methyl sites for hydroxylation is 1. The summed E-state index contributed by atoms with van der Waals surface area (Å²) in [5.74, 6) is 0. The Hall–Kier alpha value is -0.410. The van der Waals surface area contributed by atoms with Gasteiger partial charge in [0.15, 0.2) is 0 Å². The summed E-state index contributed by atoms with van der Waals surface area (Å²) >= 11 is 1.78. The molecule has 0 unspecified atom stereocenters. The number of rotatable bonds is 7. The van der Waals surface area contributed by atoms with Gasteiger partial charge in [-0.15, -0.1) is 11.3 Å². The van der Waals surface area contributed by atoms with Crippen molar-refractivity contribution in [2.24, 2.45) is 0 Å². The van der Waals surface area contributed by atoms with E-state index in [9.17, 15) is 0 Å². The number of nitrogens with zero attached hydrogens (tertiary/aromatic N) is 1. The van der Waals surface area contributed by atoms with E-state index in [4.69, 9.17) is 0 Å². The Kier molecular flexibility index (Phi) is 6.14. The standard InChI is InChI=1S/C14H26N2S/c1-5-6-7-8-9-12-11-17-13(16-12)10-15-14(2,3)4/h11,15H,5-10H2,1-4H3. The van der Waals surface area contributed by atoms with Crippen molar-refractivity contribution in [1.29, 1.82) is 0 Å². The lowest BCUT2D eigenvalue weighted by atomic mass is 10.1. The maximum absolute atomic E-state index is 4.67. The molecule has 98 valence electrons. The lowest BCUT2D eigenvalue weighted by Crippen LogP contribution is -2.35. The molecule has 0 saturated heterocycles. The van der Waals surface area contributed by atoms with Gasteiger partial charge in [-0.2, -0.15) is 0 Å². The van der Waals surface area contributed by atoms with Gasteiger partial charge in [0.2, 0.25) is 0 Å². The minimum absolute atomic E-state index is 0.174. The summed E-state index contributed by atoms with van der Waals surface area (Å²) < 4.78 is 0. The number of hydrogen-bond donors (Lipinski definition) is 1. The van der Waals surface area contributed by atoms with E-state index in [2.05, 4.69) is 43.4 Å². The molecule has 0 spiro atoms. The summed E-state index contributed by atoms with van der Waals surface area (Å²) in [4.78, 5) is 4.67. The van der Waals surface area contributed by atoms with Crippen LogP contribution in [0.3, 0.4) is 0 Å². The normalized spacial score (nSPS) is 12.0. The molecule has 3 heteroatoms. The maximum Gasteiger partial charge on any atom is 0.107 e. The van der Waals surface area contributed by atoms with Gasteiger partial charge >= 0.3 is 0 Å². The summed E-state index contributed by atoms with van der Waals surface area (Å²) in [6, 6.07) is 0. The van der Waals surface area contributed by atoms with Crippen LogP contribution in [0.1, 0.15) is 64.1 Å². The Labute approximate surface area is 110 Å². The highest BCUT2D eigenvalue weighted by Crippen LogP contribution is 2.14. The van der Waals surface area contributed by atoms with Crippen molar-refractivity contribution in [3.8, 4) is 0 Å². The average molecular weight is 254 g/mol. The fourth-order valence-electron chi connectivity index (χ4n) is 1.62. The Morgan fingerprint density at radius 2 is 2.00 bits per heavy atom. The topological polar surface area (TPSA) is 24.9 Å². The van der Waals surface area contributed by atoms with E-state index in [1.165, 1.54) is 36.4 Å². The first kappa shape index (κ1) is 14.7. The Balaban J connectivity index is 2.28. The number of hydrogen-bond acceptors (Lipinski definition) is 3. The third-order valence-corrected chi connectivity index (χ3v) is 3.55. The first-order valence-corrected chi connectivity index (χ1v) is 7.57. The molecule has 0 aliphatic carbocycles. The summed E-state index contributed by atoms with van der Waals surface area (Å²) in [5, 5.41) is 6.90. The molecule has 0 saturated carbocycles. The van der Waals surface area contributed by atoms with Gasteiger partial charge in [-0.1, -0.05) is 26.2 Å². The summed E-state index contributed by atoms with van der Waals surface area (Å²) in [7, 11) is 0. The lowest BCUT2D eigenvalue weighted by Gasteiger charge is -2.19. The Morgan fingerprint density at radius 1 is 1.24 bits per heavy atom. The molecule has 1 heterocycles. The zero-order chi connectivity index (χ0) is 12.7. The van der Waals surface area contributed by atoms with Crippen molar-refractivity contribution in [1.82, 2.24) is 10.3 Å². The molecule has 0 aliphatic rings. The second-order valence-corrected chi connectivity index (χ2v) is 6.59. The maximum atomic E-state index is 4.67. The van der Waals surface area contributed by atoms with Crippen LogP contribution in [0.2, 0.25) is 0 Å².